The molecule has 0 atom stereocenters. The van der Waals surface area contributed by atoms with Gasteiger partial charge in [-0.3, -0.25) is 0 Å². The Bertz CT molecular complexity index is 453. The molecule has 0 aliphatic rings. The standard InChI is InChI=1S/C14H23BO5/c1-13(2,16)14(3,4)20-15(17)10-7-8-11(18-5)12(9-10)19-6/h7-9,16-17H,1-6H3. The van der Waals surface area contributed by atoms with Gasteiger partial charge in [-0.25, -0.2) is 0 Å². The molecular formula is C14H23BO5. The van der Waals surface area contributed by atoms with Gasteiger partial charge in [-0.1, -0.05) is 6.07 Å². The summed E-state index contributed by atoms with van der Waals surface area (Å²) < 4.78 is 15.9. The Hall–Kier alpha value is -1.24. The molecule has 112 valence electrons. The summed E-state index contributed by atoms with van der Waals surface area (Å²) >= 11 is 0. The van der Waals surface area contributed by atoms with Crippen LogP contribution < -0.4 is 14.9 Å². The van der Waals surface area contributed by atoms with Gasteiger partial charge in [0.2, 0.25) is 0 Å². The fourth-order valence-electron chi connectivity index (χ4n) is 1.50. The third-order valence-electron chi connectivity index (χ3n) is 3.57. The van der Waals surface area contributed by atoms with Crippen LogP contribution in [0.15, 0.2) is 18.2 Å². The first-order valence-corrected chi connectivity index (χ1v) is 6.42. The molecule has 2 N–H and O–H groups in total. The van der Waals surface area contributed by atoms with Gasteiger partial charge in [-0.2, -0.15) is 0 Å². The van der Waals surface area contributed by atoms with Crippen molar-refractivity contribution in [2.24, 2.45) is 0 Å². The predicted molar refractivity (Wildman–Crippen MR) is 78.6 cm³/mol. The van der Waals surface area contributed by atoms with Crippen molar-refractivity contribution in [2.75, 3.05) is 14.2 Å². The van der Waals surface area contributed by atoms with E-state index in [1.165, 1.54) is 7.11 Å². The van der Waals surface area contributed by atoms with E-state index in [2.05, 4.69) is 0 Å². The molecule has 0 unspecified atom stereocenters. The van der Waals surface area contributed by atoms with Gasteiger partial charge in [0.1, 0.15) is 0 Å². The highest BCUT2D eigenvalue weighted by Crippen LogP contribution is 2.27. The van der Waals surface area contributed by atoms with E-state index in [1.54, 1.807) is 53.0 Å². The number of hydrogen-bond donors (Lipinski definition) is 2. The van der Waals surface area contributed by atoms with Crippen LogP contribution in [0.4, 0.5) is 0 Å². The SMILES string of the molecule is COc1ccc(B(O)OC(C)(C)C(C)(C)O)cc1OC. The molecule has 20 heavy (non-hydrogen) atoms. The van der Waals surface area contributed by atoms with Crippen molar-refractivity contribution < 1.29 is 24.3 Å². The molecule has 0 aromatic heterocycles. The van der Waals surface area contributed by atoms with Crippen molar-refractivity contribution in [2.45, 2.75) is 38.9 Å². The Kier molecular flexibility index (Phi) is 5.07. The number of ether oxygens (including phenoxy) is 2. The molecule has 0 saturated carbocycles. The average molecular weight is 282 g/mol. The van der Waals surface area contributed by atoms with E-state index in [-0.39, 0.29) is 0 Å². The topological polar surface area (TPSA) is 68.2 Å². The first-order chi connectivity index (χ1) is 9.12. The zero-order chi connectivity index (χ0) is 15.6. The van der Waals surface area contributed by atoms with Crippen molar-refractivity contribution in [3.8, 4) is 11.5 Å². The Labute approximate surface area is 120 Å². The van der Waals surface area contributed by atoms with Crippen LogP contribution in [-0.2, 0) is 4.65 Å². The Morgan fingerprint density at radius 3 is 2.00 bits per heavy atom. The van der Waals surface area contributed by atoms with Crippen molar-refractivity contribution >= 4 is 12.6 Å². The molecule has 1 rings (SSSR count). The van der Waals surface area contributed by atoms with E-state index in [4.69, 9.17) is 14.1 Å². The smallest absolute Gasteiger partial charge is 0.491 e. The Morgan fingerprint density at radius 1 is 1.00 bits per heavy atom. The van der Waals surface area contributed by atoms with E-state index in [0.29, 0.717) is 17.0 Å². The summed E-state index contributed by atoms with van der Waals surface area (Å²) in [5, 5.41) is 20.2. The molecule has 5 nitrogen and oxygen atoms in total. The normalized spacial score (nSPS) is 12.2. The quantitative estimate of drug-likeness (QED) is 0.761. The molecule has 0 heterocycles. The molecule has 0 fully saturated rings. The van der Waals surface area contributed by atoms with Crippen LogP contribution in [0.1, 0.15) is 27.7 Å². The molecule has 0 spiro atoms. The molecule has 0 amide bonds. The molecule has 1 aromatic rings. The monoisotopic (exact) mass is 282 g/mol. The number of aliphatic hydroxyl groups is 1. The number of benzene rings is 1. The zero-order valence-electron chi connectivity index (χ0n) is 12.9. The Balaban J connectivity index is 2.96. The van der Waals surface area contributed by atoms with Crippen molar-refractivity contribution in [3.63, 3.8) is 0 Å². The van der Waals surface area contributed by atoms with Gasteiger partial charge < -0.3 is 24.3 Å². The number of rotatable bonds is 6. The second-order valence-corrected chi connectivity index (χ2v) is 5.65. The summed E-state index contributed by atoms with van der Waals surface area (Å²) in [5.74, 6) is 1.08. The van der Waals surface area contributed by atoms with E-state index >= 15 is 0 Å². The summed E-state index contributed by atoms with van der Waals surface area (Å²) in [4.78, 5) is 0. The summed E-state index contributed by atoms with van der Waals surface area (Å²) in [5.41, 5.74) is -1.48. The number of methoxy groups -OCH3 is 2. The van der Waals surface area contributed by atoms with E-state index in [0.717, 1.165) is 0 Å². The van der Waals surface area contributed by atoms with Gasteiger partial charge in [0.05, 0.1) is 25.4 Å². The highest BCUT2D eigenvalue weighted by Gasteiger charge is 2.39. The molecule has 0 aliphatic heterocycles. The summed E-state index contributed by atoms with van der Waals surface area (Å²) in [6.07, 6.45) is 0. The van der Waals surface area contributed by atoms with Crippen molar-refractivity contribution in [1.29, 1.82) is 0 Å². The summed E-state index contributed by atoms with van der Waals surface area (Å²) in [7, 11) is 1.90. The molecular weight excluding hydrogens is 259 g/mol. The molecule has 0 radical (unpaired) electrons. The van der Waals surface area contributed by atoms with Crippen LogP contribution in [0, 0.1) is 0 Å². The third-order valence-corrected chi connectivity index (χ3v) is 3.57. The lowest BCUT2D eigenvalue weighted by Crippen LogP contribution is -2.53. The first-order valence-electron chi connectivity index (χ1n) is 6.42. The maximum absolute atomic E-state index is 10.2. The zero-order valence-corrected chi connectivity index (χ0v) is 12.9. The minimum Gasteiger partial charge on any atom is -0.493 e. The minimum atomic E-state index is -1.17. The van der Waals surface area contributed by atoms with Gasteiger partial charge in [0, 0.05) is 0 Å². The van der Waals surface area contributed by atoms with Crippen LogP contribution in [0.5, 0.6) is 11.5 Å². The lowest BCUT2D eigenvalue weighted by molar-refractivity contribution is -0.0982. The first kappa shape index (κ1) is 16.8. The fraction of sp³-hybridized carbons (Fsp3) is 0.571. The molecule has 6 heteroatoms. The van der Waals surface area contributed by atoms with Crippen LogP contribution in [0.3, 0.4) is 0 Å². The van der Waals surface area contributed by atoms with E-state index in [9.17, 15) is 10.1 Å². The highest BCUT2D eigenvalue weighted by atomic mass is 16.5. The van der Waals surface area contributed by atoms with E-state index < -0.39 is 18.3 Å². The molecule has 1 aromatic carbocycles. The van der Waals surface area contributed by atoms with Gasteiger partial charge in [-0.05, 0) is 45.3 Å². The highest BCUT2D eigenvalue weighted by molar-refractivity contribution is 6.60. The maximum Gasteiger partial charge on any atom is 0.491 e. The largest absolute Gasteiger partial charge is 0.493 e. The lowest BCUT2D eigenvalue weighted by Gasteiger charge is -2.38. The van der Waals surface area contributed by atoms with Gasteiger partial charge in [0.25, 0.3) is 0 Å². The predicted octanol–water partition coefficient (Wildman–Crippen LogP) is 0.957. The second kappa shape index (κ2) is 6.03. The molecule has 0 aliphatic carbocycles. The second-order valence-electron chi connectivity index (χ2n) is 5.65. The average Bonchev–Trinajstić information content (AvgIpc) is 2.35. The van der Waals surface area contributed by atoms with E-state index in [1.807, 2.05) is 0 Å². The van der Waals surface area contributed by atoms with Crippen LogP contribution >= 0.6 is 0 Å². The third kappa shape index (κ3) is 3.65. The minimum absolute atomic E-state index is 0.508. The van der Waals surface area contributed by atoms with Gasteiger partial charge >= 0.3 is 7.12 Å². The van der Waals surface area contributed by atoms with Crippen molar-refractivity contribution in [3.05, 3.63) is 18.2 Å². The van der Waals surface area contributed by atoms with Gasteiger partial charge in [0.15, 0.2) is 11.5 Å². The lowest BCUT2D eigenvalue weighted by atomic mass is 9.76. The molecule has 0 saturated heterocycles. The summed E-state index contributed by atoms with van der Waals surface area (Å²) in [6.45, 7) is 6.70. The molecule has 0 bridgehead atoms. The van der Waals surface area contributed by atoms with Crippen LogP contribution in [0.25, 0.3) is 0 Å². The number of hydrogen-bond acceptors (Lipinski definition) is 5. The fourth-order valence-corrected chi connectivity index (χ4v) is 1.50. The summed E-state index contributed by atoms with van der Waals surface area (Å²) in [6, 6.07) is 5.02. The Morgan fingerprint density at radius 2 is 1.55 bits per heavy atom. The van der Waals surface area contributed by atoms with Crippen molar-refractivity contribution in [1.82, 2.24) is 0 Å². The van der Waals surface area contributed by atoms with Crippen LogP contribution in [0.2, 0.25) is 0 Å². The maximum atomic E-state index is 10.2. The van der Waals surface area contributed by atoms with Crippen LogP contribution in [-0.4, -0.2) is 42.7 Å². The van der Waals surface area contributed by atoms with Gasteiger partial charge in [-0.15, -0.1) is 0 Å².